The van der Waals surface area contributed by atoms with Gasteiger partial charge >= 0.3 is 0 Å². The van der Waals surface area contributed by atoms with Crippen LogP contribution in [0.4, 0.5) is 5.82 Å². The van der Waals surface area contributed by atoms with Crippen molar-refractivity contribution in [2.24, 2.45) is 0 Å². The lowest BCUT2D eigenvalue weighted by atomic mass is 10.2. The first-order valence-electron chi connectivity index (χ1n) is 7.09. The molecule has 0 radical (unpaired) electrons. The predicted octanol–water partition coefficient (Wildman–Crippen LogP) is 3.84. The fourth-order valence-electron chi connectivity index (χ4n) is 2.60. The summed E-state index contributed by atoms with van der Waals surface area (Å²) in [5.74, 6) is 0.876. The minimum Gasteiger partial charge on any atom is -0.337 e. The summed E-state index contributed by atoms with van der Waals surface area (Å²) in [5.41, 5.74) is 1.01. The van der Waals surface area contributed by atoms with Crippen LogP contribution < -0.4 is 10.2 Å². The third kappa shape index (κ3) is 3.67. The zero-order valence-corrected chi connectivity index (χ0v) is 15.5. The van der Waals surface area contributed by atoms with Crippen LogP contribution >= 0.6 is 45.8 Å². The summed E-state index contributed by atoms with van der Waals surface area (Å²) in [7, 11) is 0. The van der Waals surface area contributed by atoms with Crippen molar-refractivity contribution < 1.29 is 0 Å². The van der Waals surface area contributed by atoms with Crippen LogP contribution in [0.2, 0.25) is 0 Å². The Kier molecular flexibility index (Phi) is 5.44. The van der Waals surface area contributed by atoms with Gasteiger partial charge in [-0.3, -0.25) is 0 Å². The van der Waals surface area contributed by atoms with Crippen molar-refractivity contribution in [2.45, 2.75) is 23.5 Å². The molecule has 1 aromatic heterocycles. The van der Waals surface area contributed by atoms with E-state index in [-0.39, 0.29) is 16.9 Å². The van der Waals surface area contributed by atoms with E-state index in [1.807, 2.05) is 30.3 Å². The van der Waals surface area contributed by atoms with Crippen molar-refractivity contribution in [3.63, 3.8) is 0 Å². The van der Waals surface area contributed by atoms with Crippen molar-refractivity contribution in [1.82, 2.24) is 10.3 Å². The monoisotopic (exact) mass is 447 g/mol. The van der Waals surface area contributed by atoms with Gasteiger partial charge in [0.2, 0.25) is 0 Å². The summed E-state index contributed by atoms with van der Waals surface area (Å²) >= 11 is 15.4. The number of aromatic nitrogens is 1. The summed E-state index contributed by atoms with van der Waals surface area (Å²) in [6, 6.07) is 14.3. The smallest absolute Gasteiger partial charge is 0.130 e. The van der Waals surface area contributed by atoms with Gasteiger partial charge in [0, 0.05) is 22.9 Å². The number of hydrogen-bond acceptors (Lipinski definition) is 3. The first kappa shape index (κ1) is 16.3. The van der Waals surface area contributed by atoms with Crippen molar-refractivity contribution in [2.75, 3.05) is 11.4 Å². The minimum atomic E-state index is -0.211. The van der Waals surface area contributed by atoms with Crippen molar-refractivity contribution >= 4 is 51.6 Å². The number of alkyl halides is 2. The fourth-order valence-corrected chi connectivity index (χ4v) is 3.93. The Balaban J connectivity index is 1.69. The summed E-state index contributed by atoms with van der Waals surface area (Å²) < 4.78 is 1.14. The van der Waals surface area contributed by atoms with Gasteiger partial charge in [0.1, 0.15) is 11.3 Å². The topological polar surface area (TPSA) is 28.2 Å². The SMILES string of the molecule is ClC1CN(c2cc(I)ccn2)C(Cl)C1NCc1ccccc1. The second kappa shape index (κ2) is 7.34. The fraction of sp³-hybridized carbons (Fsp3) is 0.312. The van der Waals surface area contributed by atoms with Crippen LogP contribution in [-0.2, 0) is 6.54 Å². The van der Waals surface area contributed by atoms with Gasteiger partial charge in [0.05, 0.1) is 11.4 Å². The van der Waals surface area contributed by atoms with E-state index < -0.39 is 0 Å². The van der Waals surface area contributed by atoms with E-state index in [4.69, 9.17) is 23.2 Å². The summed E-state index contributed by atoms with van der Waals surface area (Å²) in [5, 5.41) is 3.43. The normalized spacial score (nSPS) is 24.7. The molecule has 1 fully saturated rings. The number of pyridine rings is 1. The molecule has 1 saturated heterocycles. The van der Waals surface area contributed by atoms with Crippen LogP contribution in [0.15, 0.2) is 48.7 Å². The Labute approximate surface area is 154 Å². The van der Waals surface area contributed by atoms with Crippen molar-refractivity contribution in [3.8, 4) is 0 Å². The second-order valence-corrected chi connectivity index (χ2v) is 7.52. The van der Waals surface area contributed by atoms with Gasteiger partial charge in [-0.25, -0.2) is 4.98 Å². The molecule has 1 aliphatic rings. The van der Waals surface area contributed by atoms with Crippen molar-refractivity contribution in [3.05, 3.63) is 57.8 Å². The highest BCUT2D eigenvalue weighted by Crippen LogP contribution is 2.30. The first-order valence-corrected chi connectivity index (χ1v) is 9.04. The van der Waals surface area contributed by atoms with Gasteiger partial charge < -0.3 is 10.2 Å². The van der Waals surface area contributed by atoms with Crippen LogP contribution in [-0.4, -0.2) is 28.4 Å². The highest BCUT2D eigenvalue weighted by molar-refractivity contribution is 14.1. The number of hydrogen-bond donors (Lipinski definition) is 1. The number of nitrogens with zero attached hydrogens (tertiary/aromatic N) is 2. The molecule has 0 amide bonds. The predicted molar refractivity (Wildman–Crippen MR) is 101 cm³/mol. The lowest BCUT2D eigenvalue weighted by Crippen LogP contribution is -2.41. The third-order valence-corrected chi connectivity index (χ3v) is 5.33. The van der Waals surface area contributed by atoms with Gasteiger partial charge in [-0.05, 0) is 40.3 Å². The van der Waals surface area contributed by atoms with Gasteiger partial charge in [-0.15, -0.1) is 11.6 Å². The average Bonchev–Trinajstić information content (AvgIpc) is 2.81. The highest BCUT2D eigenvalue weighted by Gasteiger charge is 2.40. The molecule has 0 saturated carbocycles. The standard InChI is InChI=1S/C16H16Cl2IN3/c17-13-10-22(14-8-12(19)6-7-20-14)16(18)15(13)21-9-11-4-2-1-3-5-11/h1-8,13,15-16,21H,9-10H2. The maximum Gasteiger partial charge on any atom is 0.130 e. The zero-order chi connectivity index (χ0) is 15.5. The molecule has 0 aliphatic carbocycles. The van der Waals surface area contributed by atoms with Crippen LogP contribution in [0.25, 0.3) is 0 Å². The molecule has 1 aromatic carbocycles. The van der Waals surface area contributed by atoms with E-state index in [2.05, 4.69) is 49.9 Å². The van der Waals surface area contributed by atoms with E-state index in [9.17, 15) is 0 Å². The van der Waals surface area contributed by atoms with E-state index in [0.717, 1.165) is 15.9 Å². The molecule has 0 bridgehead atoms. The molecule has 2 heterocycles. The number of rotatable bonds is 4. The molecule has 3 nitrogen and oxygen atoms in total. The molecule has 2 aromatic rings. The minimum absolute atomic E-state index is 0.0169. The molecule has 116 valence electrons. The van der Waals surface area contributed by atoms with Gasteiger partial charge in [0.15, 0.2) is 0 Å². The maximum absolute atomic E-state index is 6.63. The third-order valence-electron chi connectivity index (χ3n) is 3.74. The average molecular weight is 448 g/mol. The number of nitrogens with one attached hydrogen (secondary N) is 1. The number of anilines is 1. The Bertz CT molecular complexity index is 626. The Morgan fingerprint density at radius 2 is 2.00 bits per heavy atom. The molecule has 3 unspecified atom stereocenters. The summed E-state index contributed by atoms with van der Waals surface area (Å²) in [6.45, 7) is 1.45. The lowest BCUT2D eigenvalue weighted by Gasteiger charge is -2.24. The summed E-state index contributed by atoms with van der Waals surface area (Å²) in [6.07, 6.45) is 1.80. The van der Waals surface area contributed by atoms with Crippen LogP contribution in [0.1, 0.15) is 5.56 Å². The van der Waals surface area contributed by atoms with Crippen LogP contribution in [0, 0.1) is 3.57 Å². The molecule has 1 aliphatic heterocycles. The molecular weight excluding hydrogens is 432 g/mol. The lowest BCUT2D eigenvalue weighted by molar-refractivity contribution is 0.534. The molecule has 1 N–H and O–H groups in total. The second-order valence-electron chi connectivity index (χ2n) is 5.27. The zero-order valence-electron chi connectivity index (χ0n) is 11.8. The van der Waals surface area contributed by atoms with E-state index in [1.165, 1.54) is 5.56 Å². The van der Waals surface area contributed by atoms with Gasteiger partial charge in [0.25, 0.3) is 0 Å². The van der Waals surface area contributed by atoms with E-state index in [0.29, 0.717) is 6.54 Å². The van der Waals surface area contributed by atoms with Gasteiger partial charge in [-0.2, -0.15) is 0 Å². The number of halogens is 3. The quantitative estimate of drug-likeness (QED) is 0.438. The van der Waals surface area contributed by atoms with E-state index >= 15 is 0 Å². The molecule has 0 spiro atoms. The van der Waals surface area contributed by atoms with Crippen LogP contribution in [0.3, 0.4) is 0 Å². The van der Waals surface area contributed by atoms with Crippen LogP contribution in [0.5, 0.6) is 0 Å². The number of benzene rings is 1. The maximum atomic E-state index is 6.63. The Morgan fingerprint density at radius 3 is 2.73 bits per heavy atom. The molecule has 6 heteroatoms. The first-order chi connectivity index (χ1) is 10.6. The molecule has 3 rings (SSSR count). The molecule has 3 atom stereocenters. The van der Waals surface area contributed by atoms with E-state index in [1.54, 1.807) is 6.20 Å². The Hall–Kier alpha value is -0.560. The Morgan fingerprint density at radius 1 is 1.23 bits per heavy atom. The largest absolute Gasteiger partial charge is 0.337 e. The highest BCUT2D eigenvalue weighted by atomic mass is 127. The summed E-state index contributed by atoms with van der Waals surface area (Å²) in [4.78, 5) is 6.47. The molecular formula is C16H16Cl2IN3. The van der Waals surface area contributed by atoms with Crippen molar-refractivity contribution in [1.29, 1.82) is 0 Å². The molecule has 22 heavy (non-hydrogen) atoms. The van der Waals surface area contributed by atoms with Gasteiger partial charge in [-0.1, -0.05) is 41.9 Å².